The third-order valence-corrected chi connectivity index (χ3v) is 4.05. The lowest BCUT2D eigenvalue weighted by Gasteiger charge is -2.36. The number of aliphatic hydroxyl groups is 1. The maximum atomic E-state index is 10.7. The molecular weight excluding hydrogens is 232 g/mol. The van der Waals surface area contributed by atoms with Gasteiger partial charge in [0.25, 0.3) is 0 Å². The fourth-order valence-corrected chi connectivity index (χ4v) is 3.34. The maximum Gasteiger partial charge on any atom is 0.306 e. The molecule has 5 nitrogen and oxygen atoms in total. The first-order valence-corrected chi connectivity index (χ1v) is 6.33. The Morgan fingerprint density at radius 2 is 1.81 bits per heavy atom. The van der Waals surface area contributed by atoms with Gasteiger partial charge in [0, 0.05) is 0 Å². The number of rotatable bonds is 5. The molecule has 1 rings (SSSR count). The molecule has 0 aromatic rings. The van der Waals surface area contributed by atoms with Crippen molar-refractivity contribution in [3.05, 3.63) is 0 Å². The number of carbonyl (C=O) groups is 2. The molecule has 0 radical (unpaired) electrons. The molecule has 1 aliphatic heterocycles. The normalized spacial score (nSPS) is 21.7. The van der Waals surface area contributed by atoms with Gasteiger partial charge in [-0.05, 0) is 30.3 Å². The highest BCUT2D eigenvalue weighted by Crippen LogP contribution is 2.35. The zero-order chi connectivity index (χ0) is 12.2. The molecule has 0 spiro atoms. The van der Waals surface area contributed by atoms with Gasteiger partial charge in [0.2, 0.25) is 0 Å². The van der Waals surface area contributed by atoms with Crippen LogP contribution in [0.1, 0.15) is 25.7 Å². The highest BCUT2D eigenvalue weighted by molar-refractivity contribution is 7.99. The fraction of sp³-hybridized carbons (Fsp3) is 0.800. The lowest BCUT2D eigenvalue weighted by molar-refractivity contribution is -0.152. The van der Waals surface area contributed by atoms with E-state index in [1.54, 1.807) is 11.8 Å². The lowest BCUT2D eigenvalue weighted by atomic mass is 9.80. The first kappa shape index (κ1) is 13.3. The van der Waals surface area contributed by atoms with Gasteiger partial charge in [0.15, 0.2) is 0 Å². The third-order valence-electron chi connectivity index (χ3n) is 2.83. The van der Waals surface area contributed by atoms with Crippen molar-refractivity contribution < 1.29 is 24.9 Å². The van der Waals surface area contributed by atoms with Crippen molar-refractivity contribution >= 4 is 23.7 Å². The van der Waals surface area contributed by atoms with Gasteiger partial charge >= 0.3 is 11.9 Å². The van der Waals surface area contributed by atoms with E-state index in [0.717, 1.165) is 12.2 Å². The molecule has 0 amide bonds. The van der Waals surface area contributed by atoms with Crippen LogP contribution in [0.2, 0.25) is 0 Å². The van der Waals surface area contributed by atoms with E-state index in [4.69, 9.17) is 10.2 Å². The summed E-state index contributed by atoms with van der Waals surface area (Å²) in [6.45, 7) is 0. The summed E-state index contributed by atoms with van der Waals surface area (Å²) in [5.41, 5.74) is -1.61. The average Bonchev–Trinajstić information content (AvgIpc) is 2.16. The van der Waals surface area contributed by atoms with Crippen LogP contribution >= 0.6 is 11.8 Å². The minimum Gasteiger partial charge on any atom is -0.481 e. The van der Waals surface area contributed by atoms with E-state index >= 15 is 0 Å². The summed E-state index contributed by atoms with van der Waals surface area (Å²) in [7, 11) is 0. The van der Waals surface area contributed by atoms with Gasteiger partial charge in [-0.1, -0.05) is 0 Å². The number of aliphatic carboxylic acids is 2. The molecule has 16 heavy (non-hydrogen) atoms. The molecule has 92 valence electrons. The largest absolute Gasteiger partial charge is 0.481 e. The van der Waals surface area contributed by atoms with Crippen molar-refractivity contribution in [3.8, 4) is 0 Å². The van der Waals surface area contributed by atoms with Crippen LogP contribution in [0.15, 0.2) is 0 Å². The monoisotopic (exact) mass is 248 g/mol. The zero-order valence-electron chi connectivity index (χ0n) is 8.89. The Morgan fingerprint density at radius 1 is 1.25 bits per heavy atom. The molecule has 0 aromatic heterocycles. The first-order chi connectivity index (χ1) is 7.44. The number of carboxylic acids is 2. The molecule has 1 heterocycles. The van der Waals surface area contributed by atoms with E-state index < -0.39 is 30.4 Å². The highest BCUT2D eigenvalue weighted by Gasteiger charge is 2.41. The second-order valence-corrected chi connectivity index (χ2v) is 5.31. The van der Waals surface area contributed by atoms with Gasteiger partial charge in [0.1, 0.15) is 0 Å². The molecule has 1 aliphatic rings. The molecular formula is C10H16O5S. The Hall–Kier alpha value is -0.750. The van der Waals surface area contributed by atoms with Gasteiger partial charge in [-0.3, -0.25) is 9.59 Å². The summed E-state index contributed by atoms with van der Waals surface area (Å²) < 4.78 is 0. The molecule has 1 saturated heterocycles. The Morgan fingerprint density at radius 3 is 2.19 bits per heavy atom. The Labute approximate surface area is 97.8 Å². The van der Waals surface area contributed by atoms with Crippen molar-refractivity contribution in [3.63, 3.8) is 0 Å². The molecule has 0 aliphatic carbocycles. The van der Waals surface area contributed by atoms with Gasteiger partial charge in [0.05, 0.1) is 18.4 Å². The number of thioether (sulfide) groups is 1. The van der Waals surface area contributed by atoms with Gasteiger partial charge in [-0.15, -0.1) is 0 Å². The van der Waals surface area contributed by atoms with Crippen LogP contribution in [0.4, 0.5) is 0 Å². The van der Waals surface area contributed by atoms with Crippen molar-refractivity contribution in [2.24, 2.45) is 5.92 Å². The fourth-order valence-electron chi connectivity index (χ4n) is 2.04. The molecule has 3 N–H and O–H groups in total. The minimum atomic E-state index is -1.61. The third kappa shape index (κ3) is 3.68. The van der Waals surface area contributed by atoms with Crippen LogP contribution in [0.5, 0.6) is 0 Å². The van der Waals surface area contributed by atoms with Crippen molar-refractivity contribution in [2.45, 2.75) is 31.3 Å². The van der Waals surface area contributed by atoms with E-state index in [1.165, 1.54) is 0 Å². The molecule has 0 unspecified atom stereocenters. The lowest BCUT2D eigenvalue weighted by Crippen LogP contribution is -2.44. The van der Waals surface area contributed by atoms with Crippen LogP contribution in [-0.4, -0.2) is 44.4 Å². The molecule has 0 aromatic carbocycles. The summed E-state index contributed by atoms with van der Waals surface area (Å²) in [4.78, 5) is 21.4. The van der Waals surface area contributed by atoms with Crippen LogP contribution in [0.25, 0.3) is 0 Å². The molecule has 1 fully saturated rings. The van der Waals surface area contributed by atoms with Crippen LogP contribution in [0.3, 0.4) is 0 Å². The SMILES string of the molecule is O=C(O)CC(O)(CC(=O)O)[C@@H]1CCCSC1. The molecule has 0 saturated carbocycles. The second kappa shape index (κ2) is 5.54. The summed E-state index contributed by atoms with van der Waals surface area (Å²) in [5.74, 6) is -0.916. The van der Waals surface area contributed by atoms with E-state index in [1.807, 2.05) is 0 Å². The predicted molar refractivity (Wildman–Crippen MR) is 59.5 cm³/mol. The van der Waals surface area contributed by atoms with E-state index in [-0.39, 0.29) is 5.92 Å². The maximum absolute atomic E-state index is 10.7. The predicted octanol–water partition coefficient (Wildman–Crippen LogP) is 0.810. The first-order valence-electron chi connectivity index (χ1n) is 5.18. The van der Waals surface area contributed by atoms with Crippen LogP contribution in [0, 0.1) is 5.92 Å². The summed E-state index contributed by atoms with van der Waals surface area (Å²) in [6.07, 6.45) is 0.607. The summed E-state index contributed by atoms with van der Waals surface area (Å²) >= 11 is 1.64. The Balaban J connectivity index is 2.74. The van der Waals surface area contributed by atoms with Crippen LogP contribution in [-0.2, 0) is 9.59 Å². The van der Waals surface area contributed by atoms with Crippen molar-refractivity contribution in [1.29, 1.82) is 0 Å². The second-order valence-electron chi connectivity index (χ2n) is 4.16. The smallest absolute Gasteiger partial charge is 0.306 e. The number of carboxylic acid groups (broad SMARTS) is 2. The quantitative estimate of drug-likeness (QED) is 0.666. The molecule has 1 atom stereocenters. The van der Waals surface area contributed by atoms with Crippen molar-refractivity contribution in [1.82, 2.24) is 0 Å². The topological polar surface area (TPSA) is 94.8 Å². The minimum absolute atomic E-state index is 0.238. The van der Waals surface area contributed by atoms with Gasteiger partial charge < -0.3 is 15.3 Å². The number of hydrogen-bond acceptors (Lipinski definition) is 4. The van der Waals surface area contributed by atoms with E-state index in [9.17, 15) is 14.7 Å². The van der Waals surface area contributed by atoms with Crippen molar-refractivity contribution in [2.75, 3.05) is 11.5 Å². The standard InChI is InChI=1S/C10H16O5S/c11-8(12)4-10(15,5-9(13)14)7-2-1-3-16-6-7/h7,15H,1-6H2,(H,11,12)(H,13,14)/t7-/m1/s1. The summed E-state index contributed by atoms with van der Waals surface area (Å²) in [5, 5.41) is 27.7. The van der Waals surface area contributed by atoms with E-state index in [0.29, 0.717) is 12.2 Å². The Kier molecular flexibility index (Phi) is 4.61. The number of hydrogen-bond donors (Lipinski definition) is 3. The highest BCUT2D eigenvalue weighted by atomic mass is 32.2. The Bertz CT molecular complexity index is 256. The molecule has 0 bridgehead atoms. The summed E-state index contributed by atoms with van der Waals surface area (Å²) in [6, 6.07) is 0. The van der Waals surface area contributed by atoms with Gasteiger partial charge in [-0.2, -0.15) is 11.8 Å². The van der Waals surface area contributed by atoms with E-state index in [2.05, 4.69) is 0 Å². The molecule has 6 heteroatoms. The van der Waals surface area contributed by atoms with Gasteiger partial charge in [-0.25, -0.2) is 0 Å². The van der Waals surface area contributed by atoms with Crippen LogP contribution < -0.4 is 0 Å². The average molecular weight is 248 g/mol. The zero-order valence-corrected chi connectivity index (χ0v) is 9.70.